The first kappa shape index (κ1) is 12.1. The van der Waals surface area contributed by atoms with E-state index in [0.29, 0.717) is 12.0 Å². The lowest BCUT2D eigenvalue weighted by Crippen LogP contribution is -2.09. The van der Waals surface area contributed by atoms with Crippen LogP contribution in [0, 0.1) is 17.6 Å². The highest BCUT2D eigenvalue weighted by Gasteiger charge is 2.10. The number of hydrogen-bond acceptors (Lipinski definition) is 0. The summed E-state index contributed by atoms with van der Waals surface area (Å²) in [5.41, 5.74) is 0.439. The molecule has 0 fully saturated rings. The molecule has 0 amide bonds. The molecular formula is C10H10Br2F2. The van der Waals surface area contributed by atoms with E-state index in [9.17, 15) is 8.78 Å². The monoisotopic (exact) mass is 326 g/mol. The van der Waals surface area contributed by atoms with Gasteiger partial charge in [0.1, 0.15) is 11.6 Å². The van der Waals surface area contributed by atoms with Crippen LogP contribution in [0.15, 0.2) is 18.2 Å². The van der Waals surface area contributed by atoms with Crippen LogP contribution in [0.3, 0.4) is 0 Å². The standard InChI is InChI=1S/C10H10Br2F2/c11-5-7(6-12)3-8-4-9(13)1-2-10(8)14/h1-2,4,7H,3,5-6H2. The van der Waals surface area contributed by atoms with E-state index < -0.39 is 0 Å². The Labute approximate surface area is 99.0 Å². The maximum absolute atomic E-state index is 13.2. The quantitative estimate of drug-likeness (QED) is 0.735. The normalized spacial score (nSPS) is 10.9. The van der Waals surface area contributed by atoms with Crippen LogP contribution in [0.5, 0.6) is 0 Å². The zero-order valence-corrected chi connectivity index (χ0v) is 10.6. The molecule has 0 aliphatic rings. The highest BCUT2D eigenvalue weighted by molar-refractivity contribution is 9.09. The number of rotatable bonds is 4. The fraction of sp³-hybridized carbons (Fsp3) is 0.400. The van der Waals surface area contributed by atoms with Crippen LogP contribution >= 0.6 is 31.9 Å². The molecule has 0 nitrogen and oxygen atoms in total. The molecule has 0 unspecified atom stereocenters. The van der Waals surface area contributed by atoms with Gasteiger partial charge in [0, 0.05) is 10.7 Å². The summed E-state index contributed by atoms with van der Waals surface area (Å²) in [7, 11) is 0. The first-order valence-corrected chi connectivity index (χ1v) is 6.47. The van der Waals surface area contributed by atoms with Gasteiger partial charge in [-0.3, -0.25) is 0 Å². The van der Waals surface area contributed by atoms with Gasteiger partial charge in [-0.2, -0.15) is 0 Å². The van der Waals surface area contributed by atoms with Crippen LogP contribution in [-0.4, -0.2) is 10.7 Å². The number of benzene rings is 1. The van der Waals surface area contributed by atoms with Crippen molar-refractivity contribution < 1.29 is 8.78 Å². The first-order chi connectivity index (χ1) is 6.67. The van der Waals surface area contributed by atoms with Gasteiger partial charge in [-0.05, 0) is 36.1 Å². The molecule has 0 aliphatic carbocycles. The Morgan fingerprint density at radius 3 is 2.36 bits per heavy atom. The van der Waals surface area contributed by atoms with Crippen molar-refractivity contribution in [2.45, 2.75) is 6.42 Å². The van der Waals surface area contributed by atoms with Crippen molar-refractivity contribution in [3.05, 3.63) is 35.4 Å². The predicted molar refractivity (Wildman–Crippen MR) is 61.1 cm³/mol. The topological polar surface area (TPSA) is 0 Å². The van der Waals surface area contributed by atoms with Crippen molar-refractivity contribution in [2.75, 3.05) is 10.7 Å². The SMILES string of the molecule is Fc1ccc(F)c(CC(CBr)CBr)c1. The summed E-state index contributed by atoms with van der Waals surface area (Å²) >= 11 is 6.66. The lowest BCUT2D eigenvalue weighted by atomic mass is 10.0. The molecule has 1 aromatic carbocycles. The Kier molecular flexibility index (Phi) is 5.02. The minimum atomic E-state index is -0.385. The zero-order chi connectivity index (χ0) is 10.6. The first-order valence-electron chi connectivity index (χ1n) is 4.23. The molecule has 14 heavy (non-hydrogen) atoms. The van der Waals surface area contributed by atoms with Crippen LogP contribution in [0.25, 0.3) is 0 Å². The molecule has 0 heterocycles. The van der Waals surface area contributed by atoms with Crippen molar-refractivity contribution in [1.29, 1.82) is 0 Å². The summed E-state index contributed by atoms with van der Waals surface area (Å²) in [5.74, 6) is -0.436. The van der Waals surface area contributed by atoms with Gasteiger partial charge >= 0.3 is 0 Å². The number of alkyl halides is 2. The van der Waals surface area contributed by atoms with Crippen molar-refractivity contribution in [3.63, 3.8) is 0 Å². The van der Waals surface area contributed by atoms with Crippen molar-refractivity contribution in [2.24, 2.45) is 5.92 Å². The number of hydrogen-bond donors (Lipinski definition) is 0. The average Bonchev–Trinajstić information content (AvgIpc) is 2.19. The summed E-state index contributed by atoms with van der Waals surface area (Å²) in [5, 5.41) is 1.54. The maximum Gasteiger partial charge on any atom is 0.126 e. The minimum Gasteiger partial charge on any atom is -0.207 e. The maximum atomic E-state index is 13.2. The zero-order valence-electron chi connectivity index (χ0n) is 7.44. The molecule has 0 radical (unpaired) electrons. The van der Waals surface area contributed by atoms with Crippen LogP contribution < -0.4 is 0 Å². The van der Waals surface area contributed by atoms with E-state index in [1.54, 1.807) is 0 Å². The highest BCUT2D eigenvalue weighted by Crippen LogP contribution is 2.17. The molecule has 0 N–H and O–H groups in total. The third-order valence-corrected chi connectivity index (χ3v) is 3.78. The van der Waals surface area contributed by atoms with E-state index in [2.05, 4.69) is 31.9 Å². The third kappa shape index (κ3) is 3.31. The van der Waals surface area contributed by atoms with Gasteiger partial charge in [-0.15, -0.1) is 0 Å². The molecule has 0 saturated heterocycles. The molecule has 0 spiro atoms. The van der Waals surface area contributed by atoms with E-state index in [4.69, 9.17) is 0 Å². The average molecular weight is 328 g/mol. The second-order valence-electron chi connectivity index (χ2n) is 3.11. The van der Waals surface area contributed by atoms with Gasteiger partial charge < -0.3 is 0 Å². The van der Waals surface area contributed by atoms with Gasteiger partial charge in [0.05, 0.1) is 0 Å². The fourth-order valence-corrected chi connectivity index (χ4v) is 2.69. The van der Waals surface area contributed by atoms with E-state index in [1.807, 2.05) is 0 Å². The van der Waals surface area contributed by atoms with E-state index in [-0.39, 0.29) is 17.6 Å². The van der Waals surface area contributed by atoms with Crippen LogP contribution in [0.4, 0.5) is 8.78 Å². The molecule has 1 rings (SSSR count). The van der Waals surface area contributed by atoms with E-state index in [0.717, 1.165) is 16.7 Å². The van der Waals surface area contributed by atoms with Crippen LogP contribution in [0.2, 0.25) is 0 Å². The summed E-state index contributed by atoms with van der Waals surface area (Å²) < 4.78 is 26.0. The Morgan fingerprint density at radius 2 is 1.79 bits per heavy atom. The molecule has 4 heteroatoms. The predicted octanol–water partition coefficient (Wildman–Crippen LogP) is 3.91. The molecule has 78 valence electrons. The largest absolute Gasteiger partial charge is 0.207 e. The Morgan fingerprint density at radius 1 is 1.14 bits per heavy atom. The smallest absolute Gasteiger partial charge is 0.126 e. The van der Waals surface area contributed by atoms with Gasteiger partial charge in [0.2, 0.25) is 0 Å². The molecule has 0 aliphatic heterocycles. The van der Waals surface area contributed by atoms with Gasteiger partial charge in [0.15, 0.2) is 0 Å². The molecule has 0 atom stereocenters. The van der Waals surface area contributed by atoms with E-state index >= 15 is 0 Å². The van der Waals surface area contributed by atoms with Crippen molar-refractivity contribution in [1.82, 2.24) is 0 Å². The Hall–Kier alpha value is 0.0400. The van der Waals surface area contributed by atoms with Gasteiger partial charge in [-0.1, -0.05) is 31.9 Å². The third-order valence-electron chi connectivity index (χ3n) is 1.95. The summed E-state index contributed by atoms with van der Waals surface area (Å²) in [6.07, 6.45) is 0.542. The molecular weight excluding hydrogens is 318 g/mol. The summed E-state index contributed by atoms with van der Waals surface area (Å²) in [6, 6.07) is 3.56. The molecule has 1 aromatic rings. The number of halogens is 4. The molecule has 0 aromatic heterocycles. The lowest BCUT2D eigenvalue weighted by molar-refractivity contribution is 0.565. The van der Waals surface area contributed by atoms with Crippen LogP contribution in [0.1, 0.15) is 5.56 Å². The Balaban J connectivity index is 2.79. The second kappa shape index (κ2) is 5.81. The van der Waals surface area contributed by atoms with Gasteiger partial charge in [-0.25, -0.2) is 8.78 Å². The van der Waals surface area contributed by atoms with Crippen molar-refractivity contribution in [3.8, 4) is 0 Å². The Bertz CT molecular complexity index is 298. The van der Waals surface area contributed by atoms with Crippen LogP contribution in [-0.2, 0) is 6.42 Å². The van der Waals surface area contributed by atoms with Crippen molar-refractivity contribution >= 4 is 31.9 Å². The van der Waals surface area contributed by atoms with Gasteiger partial charge in [0.25, 0.3) is 0 Å². The summed E-state index contributed by atoms with van der Waals surface area (Å²) in [4.78, 5) is 0. The lowest BCUT2D eigenvalue weighted by Gasteiger charge is -2.10. The summed E-state index contributed by atoms with van der Waals surface area (Å²) in [6.45, 7) is 0. The highest BCUT2D eigenvalue weighted by atomic mass is 79.9. The van der Waals surface area contributed by atoms with E-state index in [1.165, 1.54) is 12.1 Å². The second-order valence-corrected chi connectivity index (χ2v) is 4.41. The molecule has 0 bridgehead atoms. The molecule has 0 saturated carbocycles. The minimum absolute atomic E-state index is 0.284. The fourth-order valence-electron chi connectivity index (χ4n) is 1.16.